The molecule has 1 aromatic carbocycles. The van der Waals surface area contributed by atoms with E-state index in [4.69, 9.17) is 16.2 Å². The summed E-state index contributed by atoms with van der Waals surface area (Å²) in [6, 6.07) is 13.5. The number of nitrogens with zero attached hydrogens (tertiary/aromatic N) is 4. The van der Waals surface area contributed by atoms with Crippen LogP contribution >= 0.6 is 11.8 Å². The molecule has 0 bridgehead atoms. The minimum absolute atomic E-state index is 0.103. The summed E-state index contributed by atoms with van der Waals surface area (Å²) in [6.45, 7) is 0.569. The molecule has 9 nitrogen and oxygen atoms in total. The number of nitrogens with two attached hydrogens (primary N) is 2. The van der Waals surface area contributed by atoms with Gasteiger partial charge < -0.3 is 21.1 Å². The normalized spacial score (nSPS) is 13.4. The summed E-state index contributed by atoms with van der Waals surface area (Å²) in [7, 11) is 1.77. The Kier molecular flexibility index (Phi) is 7.75. The molecule has 3 rings (SSSR count). The quantitative estimate of drug-likeness (QED) is 0.401. The zero-order chi connectivity index (χ0) is 24.0. The Balaban J connectivity index is 2.02. The fourth-order valence-electron chi connectivity index (χ4n) is 3.54. The van der Waals surface area contributed by atoms with Gasteiger partial charge in [0.15, 0.2) is 0 Å². The highest BCUT2D eigenvalue weighted by Crippen LogP contribution is 2.48. The fourth-order valence-corrected chi connectivity index (χ4v) is 4.58. The summed E-state index contributed by atoms with van der Waals surface area (Å²) in [5.41, 5.74) is 12.7. The number of pyridine rings is 1. The molecule has 1 saturated carbocycles. The van der Waals surface area contributed by atoms with Gasteiger partial charge >= 0.3 is 6.09 Å². The number of amides is 2. The Labute approximate surface area is 196 Å². The third kappa shape index (κ3) is 5.73. The molecule has 0 radical (unpaired) electrons. The molecule has 0 saturated heterocycles. The largest absolute Gasteiger partial charge is 0.450 e. The minimum atomic E-state index is -0.847. The maximum absolute atomic E-state index is 12.3. The van der Waals surface area contributed by atoms with Crippen molar-refractivity contribution in [3.63, 3.8) is 0 Å². The number of hydrogen-bond donors (Lipinski definition) is 2. The van der Waals surface area contributed by atoms with E-state index in [2.05, 4.69) is 17.1 Å². The van der Waals surface area contributed by atoms with Gasteiger partial charge in [-0.05, 0) is 36.3 Å². The van der Waals surface area contributed by atoms with Crippen LogP contribution in [0.5, 0.6) is 0 Å². The van der Waals surface area contributed by atoms with E-state index in [1.807, 2.05) is 18.2 Å². The minimum Gasteiger partial charge on any atom is -0.450 e. The zero-order valence-electron chi connectivity index (χ0n) is 18.2. The van der Waals surface area contributed by atoms with Crippen LogP contribution in [0.4, 0.5) is 10.6 Å². The molecule has 0 aliphatic heterocycles. The van der Waals surface area contributed by atoms with Gasteiger partial charge in [-0.2, -0.15) is 10.5 Å². The summed E-state index contributed by atoms with van der Waals surface area (Å²) in [5.74, 6) is -0.0327. The molecule has 1 aromatic heterocycles. The van der Waals surface area contributed by atoms with Gasteiger partial charge in [-0.3, -0.25) is 4.79 Å². The molecule has 170 valence electrons. The first-order valence-electron chi connectivity index (χ1n) is 10.4. The molecule has 2 amide bonds. The fraction of sp³-hybridized carbons (Fsp3) is 0.348. The molecule has 0 spiro atoms. The second-order valence-corrected chi connectivity index (χ2v) is 8.75. The second-order valence-electron chi connectivity index (χ2n) is 7.66. The van der Waals surface area contributed by atoms with Crippen LogP contribution in [0.1, 0.15) is 52.7 Å². The number of nitriles is 2. The van der Waals surface area contributed by atoms with Gasteiger partial charge in [0.05, 0.1) is 17.7 Å². The average Bonchev–Trinajstić information content (AvgIpc) is 3.64. The van der Waals surface area contributed by atoms with Crippen LogP contribution in [0, 0.1) is 22.7 Å². The van der Waals surface area contributed by atoms with Crippen LogP contribution in [-0.4, -0.2) is 37.2 Å². The molecule has 10 heteroatoms. The van der Waals surface area contributed by atoms with Crippen molar-refractivity contribution in [2.24, 2.45) is 11.5 Å². The van der Waals surface area contributed by atoms with Crippen molar-refractivity contribution in [3.05, 3.63) is 52.6 Å². The number of hydrogen-bond acceptors (Lipinski definition) is 8. The van der Waals surface area contributed by atoms with Gasteiger partial charge in [-0.25, -0.2) is 9.78 Å². The predicted molar refractivity (Wildman–Crippen MR) is 123 cm³/mol. The summed E-state index contributed by atoms with van der Waals surface area (Å²) in [6.07, 6.45) is 1.39. The molecule has 1 aliphatic rings. The molecular formula is C23H24N6O3S. The Morgan fingerprint density at radius 1 is 1.21 bits per heavy atom. The highest BCUT2D eigenvalue weighted by molar-refractivity contribution is 8.00. The van der Waals surface area contributed by atoms with Crippen molar-refractivity contribution in [1.82, 2.24) is 4.98 Å². The predicted octanol–water partition coefficient (Wildman–Crippen LogP) is 2.94. The summed E-state index contributed by atoms with van der Waals surface area (Å²) >= 11 is 1.11. The average molecular weight is 465 g/mol. The van der Waals surface area contributed by atoms with Crippen molar-refractivity contribution >= 4 is 29.6 Å². The van der Waals surface area contributed by atoms with Gasteiger partial charge in [0, 0.05) is 13.6 Å². The lowest BCUT2D eigenvalue weighted by atomic mass is 10.00. The van der Waals surface area contributed by atoms with E-state index in [1.165, 1.54) is 0 Å². The monoisotopic (exact) mass is 464 g/mol. The maximum Gasteiger partial charge on any atom is 0.404 e. The van der Waals surface area contributed by atoms with Crippen molar-refractivity contribution in [3.8, 4) is 12.1 Å². The molecule has 4 N–H and O–H groups in total. The van der Waals surface area contributed by atoms with E-state index in [0.717, 1.165) is 24.6 Å². The van der Waals surface area contributed by atoms with Crippen LogP contribution in [0.15, 0.2) is 35.4 Å². The lowest BCUT2D eigenvalue weighted by molar-refractivity contribution is -0.117. The highest BCUT2D eigenvalue weighted by Gasteiger charge is 2.34. The lowest BCUT2D eigenvalue weighted by Gasteiger charge is -2.23. The van der Waals surface area contributed by atoms with Crippen LogP contribution < -0.4 is 16.4 Å². The van der Waals surface area contributed by atoms with Crippen molar-refractivity contribution < 1.29 is 14.3 Å². The molecule has 33 heavy (non-hydrogen) atoms. The number of benzene rings is 1. The number of carbonyl (C=O) groups is 2. The van der Waals surface area contributed by atoms with Gasteiger partial charge in [0.1, 0.15) is 28.2 Å². The SMILES string of the molecule is CN(CCCOC(N)=O)c1nc(SC(C(N)=O)c2ccccc2)c(C#N)c(C2CC2)c1C#N. The molecule has 1 heterocycles. The number of carbonyl (C=O) groups excluding carboxylic acids is 2. The lowest BCUT2D eigenvalue weighted by Crippen LogP contribution is -2.25. The number of anilines is 1. The molecule has 1 atom stereocenters. The third-order valence-electron chi connectivity index (χ3n) is 5.23. The van der Waals surface area contributed by atoms with Crippen LogP contribution in [0.2, 0.25) is 0 Å². The van der Waals surface area contributed by atoms with E-state index in [9.17, 15) is 20.1 Å². The first-order chi connectivity index (χ1) is 15.9. The van der Waals surface area contributed by atoms with E-state index < -0.39 is 17.3 Å². The number of aromatic nitrogens is 1. The van der Waals surface area contributed by atoms with Crippen molar-refractivity contribution in [1.29, 1.82) is 10.5 Å². The Morgan fingerprint density at radius 3 is 2.42 bits per heavy atom. The third-order valence-corrected chi connectivity index (χ3v) is 6.49. The number of primary amides is 2. The van der Waals surface area contributed by atoms with Gasteiger partial charge in [-0.15, -0.1) is 0 Å². The molecular weight excluding hydrogens is 440 g/mol. The topological polar surface area (TPSA) is 159 Å². The Morgan fingerprint density at radius 2 is 1.88 bits per heavy atom. The van der Waals surface area contributed by atoms with Gasteiger partial charge in [0.25, 0.3) is 0 Å². The van der Waals surface area contributed by atoms with Gasteiger partial charge in [0.2, 0.25) is 5.91 Å². The Hall–Kier alpha value is -3.76. The summed E-state index contributed by atoms with van der Waals surface area (Å²) < 4.78 is 4.77. The van der Waals surface area contributed by atoms with Crippen LogP contribution in [0.25, 0.3) is 0 Å². The molecule has 2 aromatic rings. The standard InChI is InChI=1S/C23H24N6O3S/c1-29(10-5-11-32-23(27)31)21-16(12-24)18(14-8-9-14)17(13-25)22(28-21)33-19(20(26)30)15-6-3-2-4-7-15/h2-4,6-7,14,19H,5,8-11H2,1H3,(H2,26,30)(H2,27,31). The van der Waals surface area contributed by atoms with E-state index in [1.54, 1.807) is 24.1 Å². The molecule has 1 aliphatic carbocycles. The number of rotatable bonds is 10. The van der Waals surface area contributed by atoms with E-state index >= 15 is 0 Å². The van der Waals surface area contributed by atoms with Gasteiger partial charge in [-0.1, -0.05) is 42.1 Å². The summed E-state index contributed by atoms with van der Waals surface area (Å²) in [4.78, 5) is 29.5. The number of thioether (sulfide) groups is 1. The van der Waals surface area contributed by atoms with Crippen molar-refractivity contribution in [2.75, 3.05) is 25.1 Å². The second kappa shape index (κ2) is 10.7. The van der Waals surface area contributed by atoms with Crippen molar-refractivity contribution in [2.45, 2.75) is 35.5 Å². The number of ether oxygens (including phenoxy) is 1. The van der Waals surface area contributed by atoms with E-state index in [0.29, 0.717) is 46.1 Å². The van der Waals surface area contributed by atoms with E-state index in [-0.39, 0.29) is 12.5 Å². The van der Waals surface area contributed by atoms with Crippen LogP contribution in [0.3, 0.4) is 0 Å². The van der Waals surface area contributed by atoms with Crippen LogP contribution in [-0.2, 0) is 9.53 Å². The smallest absolute Gasteiger partial charge is 0.404 e. The Bertz CT molecular complexity index is 1120. The first-order valence-corrected chi connectivity index (χ1v) is 11.3. The zero-order valence-corrected chi connectivity index (χ0v) is 19.0. The maximum atomic E-state index is 12.3. The molecule has 1 fully saturated rings. The first kappa shape index (κ1) is 23.9. The highest BCUT2D eigenvalue weighted by atomic mass is 32.2. The molecule has 1 unspecified atom stereocenters. The summed E-state index contributed by atoms with van der Waals surface area (Å²) in [5, 5.41) is 19.5.